The molecule has 0 atom stereocenters. The molecule has 2 N–H and O–H groups in total. The molecule has 0 aliphatic heterocycles. The van der Waals surface area contributed by atoms with E-state index in [9.17, 15) is 0 Å². The fraction of sp³-hybridized carbons (Fsp3) is 0.333. The van der Waals surface area contributed by atoms with Crippen molar-refractivity contribution in [2.45, 2.75) is 20.8 Å². The van der Waals surface area contributed by atoms with Crippen molar-refractivity contribution >= 4 is 11.4 Å². The normalized spacial score (nSPS) is 10.5. The van der Waals surface area contributed by atoms with Crippen LogP contribution in [-0.2, 0) is 0 Å². The molecular formula is C18H24N2O. The summed E-state index contributed by atoms with van der Waals surface area (Å²) in [5.41, 5.74) is 11.4. The van der Waals surface area contributed by atoms with E-state index >= 15 is 0 Å². The zero-order valence-electron chi connectivity index (χ0n) is 13.3. The molecule has 3 heteroatoms. The van der Waals surface area contributed by atoms with Crippen LogP contribution in [0.25, 0.3) is 0 Å². The van der Waals surface area contributed by atoms with Crippen molar-refractivity contribution in [1.29, 1.82) is 0 Å². The van der Waals surface area contributed by atoms with E-state index in [1.165, 1.54) is 16.7 Å². The fourth-order valence-corrected chi connectivity index (χ4v) is 2.24. The highest BCUT2D eigenvalue weighted by Crippen LogP contribution is 2.22. The smallest absolute Gasteiger partial charge is 0.122 e. The van der Waals surface area contributed by atoms with Crippen molar-refractivity contribution in [3.8, 4) is 5.75 Å². The second-order valence-corrected chi connectivity index (χ2v) is 5.56. The average molecular weight is 284 g/mol. The Morgan fingerprint density at radius 2 is 1.57 bits per heavy atom. The van der Waals surface area contributed by atoms with Crippen molar-refractivity contribution in [2.75, 3.05) is 30.8 Å². The molecule has 0 heterocycles. The Morgan fingerprint density at radius 3 is 2.24 bits per heavy atom. The fourth-order valence-electron chi connectivity index (χ4n) is 2.24. The van der Waals surface area contributed by atoms with Gasteiger partial charge in [-0.25, -0.2) is 0 Å². The SMILES string of the molecule is Cc1cc(C)c(OCCN(C)c2ccc(N)cc2)cc1C. The Labute approximate surface area is 127 Å². The lowest BCUT2D eigenvalue weighted by Crippen LogP contribution is -2.23. The van der Waals surface area contributed by atoms with Crippen LogP contribution in [0.3, 0.4) is 0 Å². The summed E-state index contributed by atoms with van der Waals surface area (Å²) in [6.07, 6.45) is 0. The first kappa shape index (κ1) is 15.2. The Kier molecular flexibility index (Phi) is 4.73. The van der Waals surface area contributed by atoms with Crippen LogP contribution in [0.4, 0.5) is 11.4 Å². The van der Waals surface area contributed by atoms with Crippen molar-refractivity contribution in [3.05, 3.63) is 53.1 Å². The maximum absolute atomic E-state index is 5.92. The van der Waals surface area contributed by atoms with E-state index in [-0.39, 0.29) is 0 Å². The summed E-state index contributed by atoms with van der Waals surface area (Å²) in [6.45, 7) is 7.81. The van der Waals surface area contributed by atoms with Crippen LogP contribution in [0.2, 0.25) is 0 Å². The molecule has 21 heavy (non-hydrogen) atoms. The summed E-state index contributed by atoms with van der Waals surface area (Å²) < 4.78 is 5.92. The zero-order chi connectivity index (χ0) is 15.4. The van der Waals surface area contributed by atoms with E-state index in [1.54, 1.807) is 0 Å². The molecule has 0 aliphatic carbocycles. The van der Waals surface area contributed by atoms with Gasteiger partial charge in [-0.15, -0.1) is 0 Å². The second kappa shape index (κ2) is 6.53. The van der Waals surface area contributed by atoms with Gasteiger partial charge in [0, 0.05) is 18.4 Å². The van der Waals surface area contributed by atoms with Gasteiger partial charge in [0.1, 0.15) is 12.4 Å². The van der Waals surface area contributed by atoms with Crippen molar-refractivity contribution < 1.29 is 4.74 Å². The Morgan fingerprint density at radius 1 is 0.952 bits per heavy atom. The van der Waals surface area contributed by atoms with Crippen LogP contribution >= 0.6 is 0 Å². The molecule has 0 amide bonds. The molecule has 0 aromatic heterocycles. The number of nitrogens with two attached hydrogens (primary N) is 1. The standard InChI is InChI=1S/C18H24N2O/c1-13-11-15(3)18(12-14(13)2)21-10-9-20(4)17-7-5-16(19)6-8-17/h5-8,11-12H,9-10,19H2,1-4H3. The number of aryl methyl sites for hydroxylation is 3. The van der Waals surface area contributed by atoms with E-state index in [0.29, 0.717) is 6.61 Å². The number of nitrogens with zero attached hydrogens (tertiary/aromatic N) is 1. The lowest BCUT2D eigenvalue weighted by Gasteiger charge is -2.20. The van der Waals surface area contributed by atoms with Gasteiger partial charge in [0.15, 0.2) is 0 Å². The third-order valence-corrected chi connectivity index (χ3v) is 3.81. The number of ether oxygens (including phenoxy) is 1. The van der Waals surface area contributed by atoms with Gasteiger partial charge in [0.05, 0.1) is 6.54 Å². The molecule has 0 saturated heterocycles. The highest BCUT2D eigenvalue weighted by Gasteiger charge is 2.05. The largest absolute Gasteiger partial charge is 0.491 e. The van der Waals surface area contributed by atoms with Crippen LogP contribution in [0, 0.1) is 20.8 Å². The molecule has 0 saturated carbocycles. The minimum absolute atomic E-state index is 0.657. The summed E-state index contributed by atoms with van der Waals surface area (Å²) in [5, 5.41) is 0. The van der Waals surface area contributed by atoms with E-state index < -0.39 is 0 Å². The quantitative estimate of drug-likeness (QED) is 0.851. The second-order valence-electron chi connectivity index (χ2n) is 5.56. The summed E-state index contributed by atoms with van der Waals surface area (Å²) in [7, 11) is 2.06. The van der Waals surface area contributed by atoms with Gasteiger partial charge in [-0.3, -0.25) is 0 Å². The van der Waals surface area contributed by atoms with Gasteiger partial charge in [-0.2, -0.15) is 0 Å². The Balaban J connectivity index is 1.92. The van der Waals surface area contributed by atoms with Crippen molar-refractivity contribution in [1.82, 2.24) is 0 Å². The van der Waals surface area contributed by atoms with Gasteiger partial charge in [0.25, 0.3) is 0 Å². The van der Waals surface area contributed by atoms with E-state index in [2.05, 4.69) is 44.9 Å². The van der Waals surface area contributed by atoms with Gasteiger partial charge in [-0.05, 0) is 67.8 Å². The van der Waals surface area contributed by atoms with Gasteiger partial charge < -0.3 is 15.4 Å². The number of likely N-dealkylation sites (N-methyl/N-ethyl adjacent to an activating group) is 1. The highest BCUT2D eigenvalue weighted by molar-refractivity contribution is 5.52. The first-order valence-electron chi connectivity index (χ1n) is 7.24. The molecule has 0 aliphatic rings. The lowest BCUT2D eigenvalue weighted by molar-refractivity contribution is 0.323. The Bertz CT molecular complexity index is 605. The maximum atomic E-state index is 5.92. The first-order chi connectivity index (χ1) is 9.97. The van der Waals surface area contributed by atoms with Crippen LogP contribution in [0.5, 0.6) is 5.75 Å². The molecule has 2 aromatic carbocycles. The van der Waals surface area contributed by atoms with Gasteiger partial charge in [0.2, 0.25) is 0 Å². The molecule has 0 bridgehead atoms. The predicted octanol–water partition coefficient (Wildman–Crippen LogP) is 3.71. The molecule has 2 aromatic rings. The molecule has 0 unspecified atom stereocenters. The topological polar surface area (TPSA) is 38.5 Å². The van der Waals surface area contributed by atoms with Gasteiger partial charge >= 0.3 is 0 Å². The van der Waals surface area contributed by atoms with Gasteiger partial charge in [-0.1, -0.05) is 6.07 Å². The van der Waals surface area contributed by atoms with Crippen LogP contribution in [0.15, 0.2) is 36.4 Å². The molecular weight excluding hydrogens is 260 g/mol. The Hall–Kier alpha value is -2.16. The molecule has 0 fully saturated rings. The number of hydrogen-bond acceptors (Lipinski definition) is 3. The van der Waals surface area contributed by atoms with Crippen molar-refractivity contribution in [2.24, 2.45) is 0 Å². The summed E-state index contributed by atoms with van der Waals surface area (Å²) in [5.74, 6) is 0.976. The first-order valence-corrected chi connectivity index (χ1v) is 7.24. The lowest BCUT2D eigenvalue weighted by atomic mass is 10.1. The highest BCUT2D eigenvalue weighted by atomic mass is 16.5. The number of benzene rings is 2. The van der Waals surface area contributed by atoms with Crippen LogP contribution in [-0.4, -0.2) is 20.2 Å². The minimum Gasteiger partial charge on any atom is -0.491 e. The minimum atomic E-state index is 0.657. The summed E-state index contributed by atoms with van der Waals surface area (Å²) in [4.78, 5) is 2.16. The summed E-state index contributed by atoms with van der Waals surface area (Å²) >= 11 is 0. The third kappa shape index (κ3) is 3.91. The zero-order valence-corrected chi connectivity index (χ0v) is 13.3. The average Bonchev–Trinajstić information content (AvgIpc) is 2.45. The van der Waals surface area contributed by atoms with E-state index in [0.717, 1.165) is 23.7 Å². The number of hydrogen-bond donors (Lipinski definition) is 1. The summed E-state index contributed by atoms with van der Waals surface area (Å²) in [6, 6.07) is 12.2. The van der Waals surface area contributed by atoms with Crippen molar-refractivity contribution in [3.63, 3.8) is 0 Å². The molecule has 2 rings (SSSR count). The monoisotopic (exact) mass is 284 g/mol. The maximum Gasteiger partial charge on any atom is 0.122 e. The van der Waals surface area contributed by atoms with Crippen LogP contribution < -0.4 is 15.4 Å². The van der Waals surface area contributed by atoms with E-state index in [4.69, 9.17) is 10.5 Å². The van der Waals surface area contributed by atoms with Crippen LogP contribution in [0.1, 0.15) is 16.7 Å². The molecule has 0 radical (unpaired) electrons. The molecule has 0 spiro atoms. The third-order valence-electron chi connectivity index (χ3n) is 3.81. The molecule has 112 valence electrons. The number of rotatable bonds is 5. The predicted molar refractivity (Wildman–Crippen MR) is 90.3 cm³/mol. The molecule has 3 nitrogen and oxygen atoms in total. The number of anilines is 2. The number of nitrogen functional groups attached to an aromatic ring is 1. The van der Waals surface area contributed by atoms with E-state index in [1.807, 2.05) is 24.3 Å².